The second-order valence-corrected chi connectivity index (χ2v) is 12.0. The van der Waals surface area contributed by atoms with Crippen LogP contribution >= 0.6 is 0 Å². The zero-order valence-electron chi connectivity index (χ0n) is 22.1. The Morgan fingerprint density at radius 3 is 1.74 bits per heavy atom. The first-order chi connectivity index (χ1) is 17.0. The molecule has 2 unspecified atom stereocenters. The van der Waals surface area contributed by atoms with E-state index in [4.69, 9.17) is 0 Å². The van der Waals surface area contributed by atoms with E-state index in [1.165, 1.54) is 6.42 Å². The summed E-state index contributed by atoms with van der Waals surface area (Å²) < 4.78 is 44.7. The predicted molar refractivity (Wildman–Crippen MR) is 140 cm³/mol. The largest absolute Gasteiger partial charge is 0.212 e. The number of unbranched alkanes of at least 4 members (excludes halogenated alkanes) is 1. The van der Waals surface area contributed by atoms with Crippen molar-refractivity contribution in [3.05, 3.63) is 46.8 Å². The molecule has 3 heteroatoms. The molecule has 1 aromatic carbocycles. The molecule has 1 aromatic rings. The molecular weight excluding hydrogens is 441 g/mol. The van der Waals surface area contributed by atoms with Crippen LogP contribution in [0.5, 0.6) is 0 Å². The lowest BCUT2D eigenvalue weighted by Crippen LogP contribution is -2.18. The van der Waals surface area contributed by atoms with Crippen molar-refractivity contribution in [3.63, 3.8) is 0 Å². The molecular formula is C32H47F3. The standard InChI is InChI=1S/C32H47F3/c1-3-5-6-27-18-13-24(21-30(27)33)8-7-23-11-16-26(17-12-23)29-20-19-28(31(34)32(29)35)25-14-9-22(4-2)10-15-25/h19-27H,3-18H2,1-2H3. The number of hydrogen-bond acceptors (Lipinski definition) is 0. The van der Waals surface area contributed by atoms with Gasteiger partial charge in [0, 0.05) is 5.92 Å². The molecule has 0 aromatic heterocycles. The maximum atomic E-state index is 15.2. The summed E-state index contributed by atoms with van der Waals surface area (Å²) in [6, 6.07) is 3.80. The zero-order valence-corrected chi connectivity index (χ0v) is 22.1. The molecule has 3 aliphatic rings. The Kier molecular flexibility index (Phi) is 9.82. The molecule has 35 heavy (non-hydrogen) atoms. The van der Waals surface area contributed by atoms with Crippen molar-refractivity contribution in [2.24, 2.45) is 23.7 Å². The third kappa shape index (κ3) is 6.75. The van der Waals surface area contributed by atoms with Gasteiger partial charge in [0.2, 0.25) is 0 Å². The van der Waals surface area contributed by atoms with Crippen LogP contribution in [0.15, 0.2) is 24.0 Å². The summed E-state index contributed by atoms with van der Waals surface area (Å²) >= 11 is 0. The second-order valence-electron chi connectivity index (χ2n) is 12.0. The minimum atomic E-state index is -0.580. The van der Waals surface area contributed by atoms with Crippen LogP contribution in [0.3, 0.4) is 0 Å². The van der Waals surface area contributed by atoms with Gasteiger partial charge in [0.05, 0.1) is 5.83 Å². The fourth-order valence-electron chi connectivity index (χ4n) is 7.26. The number of benzene rings is 1. The summed E-state index contributed by atoms with van der Waals surface area (Å²) in [4.78, 5) is 0. The molecule has 2 saturated carbocycles. The fraction of sp³-hybridized carbons (Fsp3) is 0.750. The quantitative estimate of drug-likeness (QED) is 0.324. The van der Waals surface area contributed by atoms with Crippen molar-refractivity contribution < 1.29 is 13.2 Å². The molecule has 196 valence electrons. The molecule has 0 heterocycles. The first-order valence-electron chi connectivity index (χ1n) is 14.8. The third-order valence-corrected chi connectivity index (χ3v) is 9.82. The summed E-state index contributed by atoms with van der Waals surface area (Å²) in [5.74, 6) is 1.24. The van der Waals surface area contributed by atoms with Gasteiger partial charge in [-0.1, -0.05) is 45.2 Å². The molecule has 0 N–H and O–H groups in total. The van der Waals surface area contributed by atoms with E-state index >= 15 is 8.78 Å². The van der Waals surface area contributed by atoms with Gasteiger partial charge in [0.15, 0.2) is 11.6 Å². The van der Waals surface area contributed by atoms with Crippen LogP contribution in [-0.2, 0) is 0 Å². The van der Waals surface area contributed by atoms with Crippen LogP contribution in [-0.4, -0.2) is 0 Å². The first kappa shape index (κ1) is 26.8. The Balaban J connectivity index is 1.26. The Bertz CT molecular complexity index is 827. The maximum Gasteiger partial charge on any atom is 0.162 e. The van der Waals surface area contributed by atoms with Gasteiger partial charge in [-0.2, -0.15) is 0 Å². The van der Waals surface area contributed by atoms with Gasteiger partial charge in [-0.3, -0.25) is 0 Å². The molecule has 0 nitrogen and oxygen atoms in total. The van der Waals surface area contributed by atoms with Crippen LogP contribution in [0.2, 0.25) is 0 Å². The normalized spacial score (nSPS) is 31.9. The van der Waals surface area contributed by atoms with Gasteiger partial charge in [-0.25, -0.2) is 13.2 Å². The van der Waals surface area contributed by atoms with Crippen LogP contribution in [0, 0.1) is 35.3 Å². The van der Waals surface area contributed by atoms with E-state index in [1.54, 1.807) is 0 Å². The maximum absolute atomic E-state index is 15.2. The summed E-state index contributed by atoms with van der Waals surface area (Å²) in [5.41, 5.74) is 1.21. The van der Waals surface area contributed by atoms with Gasteiger partial charge in [-0.15, -0.1) is 0 Å². The summed E-state index contributed by atoms with van der Waals surface area (Å²) in [6.07, 6.45) is 19.0. The van der Waals surface area contributed by atoms with Gasteiger partial charge in [0.1, 0.15) is 0 Å². The molecule has 0 aliphatic heterocycles. The molecule has 3 aliphatic carbocycles. The number of allylic oxidation sites excluding steroid dienone is 2. The monoisotopic (exact) mass is 488 g/mol. The fourth-order valence-corrected chi connectivity index (χ4v) is 7.26. The molecule has 2 atom stereocenters. The average molecular weight is 489 g/mol. The molecule has 4 rings (SSSR count). The minimum Gasteiger partial charge on any atom is -0.212 e. The van der Waals surface area contributed by atoms with Crippen LogP contribution in [0.4, 0.5) is 13.2 Å². The van der Waals surface area contributed by atoms with E-state index in [1.807, 2.05) is 18.2 Å². The predicted octanol–water partition coefficient (Wildman–Crippen LogP) is 10.8. The topological polar surface area (TPSA) is 0 Å². The van der Waals surface area contributed by atoms with E-state index in [2.05, 4.69) is 13.8 Å². The molecule has 0 saturated heterocycles. The van der Waals surface area contributed by atoms with E-state index in [-0.39, 0.29) is 23.6 Å². The highest BCUT2D eigenvalue weighted by molar-refractivity contribution is 5.32. The van der Waals surface area contributed by atoms with Crippen molar-refractivity contribution in [3.8, 4) is 0 Å². The van der Waals surface area contributed by atoms with Crippen LogP contribution in [0.1, 0.15) is 140 Å². The Morgan fingerprint density at radius 1 is 0.657 bits per heavy atom. The van der Waals surface area contributed by atoms with E-state index in [0.29, 0.717) is 23.0 Å². The lowest BCUT2D eigenvalue weighted by molar-refractivity contribution is 0.273. The lowest BCUT2D eigenvalue weighted by atomic mass is 9.74. The zero-order chi connectivity index (χ0) is 24.8. The number of rotatable bonds is 9. The van der Waals surface area contributed by atoms with Gasteiger partial charge in [0.25, 0.3) is 0 Å². The number of hydrogen-bond donors (Lipinski definition) is 0. The summed E-state index contributed by atoms with van der Waals surface area (Å²) in [7, 11) is 0. The van der Waals surface area contributed by atoms with Crippen molar-refractivity contribution >= 4 is 0 Å². The minimum absolute atomic E-state index is 0.136. The average Bonchev–Trinajstić information content (AvgIpc) is 2.89. The highest BCUT2D eigenvalue weighted by Gasteiger charge is 2.30. The lowest BCUT2D eigenvalue weighted by Gasteiger charge is -2.31. The third-order valence-electron chi connectivity index (χ3n) is 9.82. The molecule has 0 radical (unpaired) electrons. The Hall–Kier alpha value is -1.25. The van der Waals surface area contributed by atoms with Crippen molar-refractivity contribution in [2.75, 3.05) is 0 Å². The SMILES string of the molecule is CCCCC1CCC(CCC2CCC(c3ccc(C4CCC(CC)CC4)c(F)c3F)CC2)C=C1F. The Labute approximate surface area is 212 Å². The highest BCUT2D eigenvalue weighted by Crippen LogP contribution is 2.43. The van der Waals surface area contributed by atoms with Crippen molar-refractivity contribution in [2.45, 2.75) is 128 Å². The van der Waals surface area contributed by atoms with E-state index in [9.17, 15) is 4.39 Å². The first-order valence-corrected chi connectivity index (χ1v) is 14.8. The smallest absolute Gasteiger partial charge is 0.162 e. The summed E-state index contributed by atoms with van der Waals surface area (Å²) in [5, 5.41) is 0. The van der Waals surface area contributed by atoms with Crippen LogP contribution < -0.4 is 0 Å². The molecule has 0 spiro atoms. The van der Waals surface area contributed by atoms with E-state index < -0.39 is 11.6 Å². The van der Waals surface area contributed by atoms with Crippen molar-refractivity contribution in [1.82, 2.24) is 0 Å². The van der Waals surface area contributed by atoms with Crippen LogP contribution in [0.25, 0.3) is 0 Å². The number of halogens is 3. The van der Waals surface area contributed by atoms with Gasteiger partial charge in [-0.05, 0) is 130 Å². The Morgan fingerprint density at radius 2 is 1.23 bits per heavy atom. The highest BCUT2D eigenvalue weighted by atomic mass is 19.2. The second kappa shape index (κ2) is 12.8. The van der Waals surface area contributed by atoms with E-state index in [0.717, 1.165) is 102 Å². The van der Waals surface area contributed by atoms with Crippen molar-refractivity contribution in [1.29, 1.82) is 0 Å². The summed E-state index contributed by atoms with van der Waals surface area (Å²) in [6.45, 7) is 4.39. The molecule has 2 fully saturated rings. The molecule has 0 bridgehead atoms. The van der Waals surface area contributed by atoms with Gasteiger partial charge >= 0.3 is 0 Å². The molecule has 0 amide bonds. The van der Waals surface area contributed by atoms with Gasteiger partial charge < -0.3 is 0 Å².